The van der Waals surface area contributed by atoms with Gasteiger partial charge in [-0.15, -0.1) is 11.8 Å². The lowest BCUT2D eigenvalue weighted by Gasteiger charge is -2.27. The Hall–Kier alpha value is -2.34. The van der Waals surface area contributed by atoms with Crippen LogP contribution in [-0.2, 0) is 9.59 Å². The van der Waals surface area contributed by atoms with Crippen molar-refractivity contribution in [1.29, 1.82) is 0 Å². The summed E-state index contributed by atoms with van der Waals surface area (Å²) in [5.74, 6) is 0.401. The molecule has 0 saturated carbocycles. The van der Waals surface area contributed by atoms with Gasteiger partial charge >= 0.3 is 0 Å². The second-order valence-corrected chi connectivity index (χ2v) is 7.32. The number of rotatable bonds is 6. The van der Waals surface area contributed by atoms with Crippen LogP contribution in [0.2, 0.25) is 0 Å². The lowest BCUT2D eigenvalue weighted by Crippen LogP contribution is -2.35. The smallest absolute Gasteiger partial charge is 0.226 e. The third-order valence-corrected chi connectivity index (χ3v) is 5.19. The fourth-order valence-electron chi connectivity index (χ4n) is 2.85. The Labute approximate surface area is 156 Å². The van der Waals surface area contributed by atoms with E-state index in [-0.39, 0.29) is 17.6 Å². The molecule has 1 N–H and O–H groups in total. The highest BCUT2D eigenvalue weighted by atomic mass is 32.2. The number of benzene rings is 2. The Morgan fingerprint density at radius 2 is 1.96 bits per heavy atom. The summed E-state index contributed by atoms with van der Waals surface area (Å²) in [4.78, 5) is 26.9. The van der Waals surface area contributed by atoms with E-state index in [1.807, 2.05) is 24.3 Å². The average Bonchev–Trinajstić information content (AvgIpc) is 2.64. The number of hydrogen-bond donors (Lipinski definition) is 1. The highest BCUT2D eigenvalue weighted by Gasteiger charge is 2.19. The van der Waals surface area contributed by atoms with Crippen molar-refractivity contribution in [3.63, 3.8) is 0 Å². The lowest BCUT2D eigenvalue weighted by molar-refractivity contribution is -0.119. The van der Waals surface area contributed by atoms with E-state index in [0.29, 0.717) is 24.3 Å². The largest absolute Gasteiger partial charge is 0.326 e. The topological polar surface area (TPSA) is 49.4 Å². The van der Waals surface area contributed by atoms with Gasteiger partial charge in [0.25, 0.3) is 0 Å². The molecule has 136 valence electrons. The van der Waals surface area contributed by atoms with Gasteiger partial charge in [0.05, 0.1) is 0 Å². The molecule has 26 heavy (non-hydrogen) atoms. The van der Waals surface area contributed by atoms with Crippen molar-refractivity contribution >= 4 is 35.0 Å². The molecule has 0 bridgehead atoms. The second-order valence-electron chi connectivity index (χ2n) is 6.15. The van der Waals surface area contributed by atoms with Crippen LogP contribution in [0.3, 0.4) is 0 Å². The minimum Gasteiger partial charge on any atom is -0.326 e. The zero-order valence-electron chi connectivity index (χ0n) is 14.4. The van der Waals surface area contributed by atoms with Gasteiger partial charge in [-0.1, -0.05) is 6.07 Å². The molecule has 2 aromatic carbocycles. The van der Waals surface area contributed by atoms with Crippen molar-refractivity contribution in [1.82, 2.24) is 0 Å². The maximum absolute atomic E-state index is 12.9. The van der Waals surface area contributed by atoms with Crippen LogP contribution in [0, 0.1) is 5.82 Å². The summed E-state index contributed by atoms with van der Waals surface area (Å²) in [5, 5.41) is 2.88. The van der Waals surface area contributed by atoms with E-state index in [2.05, 4.69) is 5.32 Å². The van der Waals surface area contributed by atoms with E-state index >= 15 is 0 Å². The first-order valence-electron chi connectivity index (χ1n) is 8.70. The summed E-state index contributed by atoms with van der Waals surface area (Å²) in [5.41, 5.74) is 1.52. The van der Waals surface area contributed by atoms with Gasteiger partial charge in [0.2, 0.25) is 11.8 Å². The van der Waals surface area contributed by atoms with E-state index in [4.69, 9.17) is 0 Å². The molecule has 0 unspecified atom stereocenters. The fraction of sp³-hybridized carbons (Fsp3) is 0.300. The number of thioether (sulfide) groups is 1. The minimum atomic E-state index is -0.265. The molecular formula is C20H21FN2O2S. The monoisotopic (exact) mass is 372 g/mol. The van der Waals surface area contributed by atoms with Gasteiger partial charge < -0.3 is 10.2 Å². The second kappa shape index (κ2) is 8.85. The predicted molar refractivity (Wildman–Crippen MR) is 103 cm³/mol. The first-order valence-corrected chi connectivity index (χ1v) is 9.69. The van der Waals surface area contributed by atoms with E-state index in [0.717, 1.165) is 30.0 Å². The van der Waals surface area contributed by atoms with Gasteiger partial charge in [-0.25, -0.2) is 4.39 Å². The molecule has 0 spiro atoms. The van der Waals surface area contributed by atoms with Crippen molar-refractivity contribution in [3.8, 4) is 0 Å². The molecule has 1 heterocycles. The van der Waals surface area contributed by atoms with Gasteiger partial charge in [0, 0.05) is 41.4 Å². The molecule has 2 aromatic rings. The van der Waals surface area contributed by atoms with Crippen LogP contribution in [0.4, 0.5) is 15.8 Å². The summed E-state index contributed by atoms with van der Waals surface area (Å²) < 4.78 is 12.9. The normalized spacial score (nSPS) is 14.3. The van der Waals surface area contributed by atoms with Crippen LogP contribution in [0.15, 0.2) is 53.4 Å². The Kier molecular flexibility index (Phi) is 6.28. The number of hydrogen-bond acceptors (Lipinski definition) is 3. The number of nitrogens with one attached hydrogen (secondary N) is 1. The molecule has 2 amide bonds. The van der Waals surface area contributed by atoms with Crippen LogP contribution in [0.5, 0.6) is 0 Å². The molecule has 4 nitrogen and oxygen atoms in total. The van der Waals surface area contributed by atoms with Crippen molar-refractivity contribution < 1.29 is 14.0 Å². The zero-order chi connectivity index (χ0) is 18.4. The Morgan fingerprint density at radius 3 is 2.73 bits per heavy atom. The SMILES string of the molecule is O=C(CCSc1ccc(F)cc1)Nc1cccc(N2CCCCC2=O)c1. The van der Waals surface area contributed by atoms with Crippen molar-refractivity contribution in [2.75, 3.05) is 22.5 Å². The molecule has 0 radical (unpaired) electrons. The number of anilines is 2. The maximum atomic E-state index is 12.9. The third-order valence-electron chi connectivity index (χ3n) is 4.18. The van der Waals surface area contributed by atoms with Crippen LogP contribution < -0.4 is 10.2 Å². The van der Waals surface area contributed by atoms with Crippen LogP contribution in [0.25, 0.3) is 0 Å². The third kappa shape index (κ3) is 5.08. The van der Waals surface area contributed by atoms with E-state index in [1.54, 1.807) is 17.0 Å². The molecular weight excluding hydrogens is 351 g/mol. The number of piperidine rings is 1. The zero-order valence-corrected chi connectivity index (χ0v) is 15.2. The summed E-state index contributed by atoms with van der Waals surface area (Å²) >= 11 is 1.51. The van der Waals surface area contributed by atoms with Crippen molar-refractivity contribution in [3.05, 3.63) is 54.3 Å². The van der Waals surface area contributed by atoms with E-state index in [9.17, 15) is 14.0 Å². The predicted octanol–water partition coefficient (Wildman–Crippen LogP) is 4.46. The van der Waals surface area contributed by atoms with Crippen LogP contribution >= 0.6 is 11.8 Å². The Bertz CT molecular complexity index is 780. The molecule has 6 heteroatoms. The van der Waals surface area contributed by atoms with Crippen LogP contribution in [-0.4, -0.2) is 24.1 Å². The molecule has 0 aromatic heterocycles. The van der Waals surface area contributed by atoms with E-state index < -0.39 is 0 Å². The summed E-state index contributed by atoms with van der Waals surface area (Å²) in [7, 11) is 0. The number of carbonyl (C=O) groups excluding carboxylic acids is 2. The van der Waals surface area contributed by atoms with Gasteiger partial charge in [-0.3, -0.25) is 9.59 Å². The van der Waals surface area contributed by atoms with Gasteiger partial charge in [-0.05, 0) is 55.3 Å². The molecule has 1 fully saturated rings. The summed E-state index contributed by atoms with van der Waals surface area (Å²) in [6.07, 6.45) is 2.88. The molecule has 1 aliphatic heterocycles. The highest BCUT2D eigenvalue weighted by Crippen LogP contribution is 2.24. The van der Waals surface area contributed by atoms with Crippen LogP contribution in [0.1, 0.15) is 25.7 Å². The molecule has 0 atom stereocenters. The lowest BCUT2D eigenvalue weighted by atomic mass is 10.1. The average molecular weight is 372 g/mol. The van der Waals surface area contributed by atoms with Gasteiger partial charge in [0.1, 0.15) is 5.82 Å². The molecule has 1 saturated heterocycles. The van der Waals surface area contributed by atoms with Gasteiger partial charge in [-0.2, -0.15) is 0 Å². The first-order chi connectivity index (χ1) is 12.6. The Morgan fingerprint density at radius 1 is 1.15 bits per heavy atom. The summed E-state index contributed by atoms with van der Waals surface area (Å²) in [6.45, 7) is 0.727. The minimum absolute atomic E-state index is 0.0817. The fourth-order valence-corrected chi connectivity index (χ4v) is 3.70. The van der Waals surface area contributed by atoms with Crippen molar-refractivity contribution in [2.24, 2.45) is 0 Å². The number of nitrogens with zero attached hydrogens (tertiary/aromatic N) is 1. The number of carbonyl (C=O) groups is 2. The summed E-state index contributed by atoms with van der Waals surface area (Å²) in [6, 6.07) is 13.6. The Balaban J connectivity index is 1.51. The standard InChI is InChI=1S/C20H21FN2O2S/c21-15-7-9-18(10-8-15)26-13-11-19(24)22-16-4-3-5-17(14-16)23-12-2-1-6-20(23)25/h3-5,7-10,14H,1-2,6,11-13H2,(H,22,24). The van der Waals surface area contributed by atoms with E-state index in [1.165, 1.54) is 23.9 Å². The molecule has 0 aliphatic carbocycles. The molecule has 3 rings (SSSR count). The number of amides is 2. The number of halogens is 1. The van der Waals surface area contributed by atoms with Crippen molar-refractivity contribution in [2.45, 2.75) is 30.6 Å². The highest BCUT2D eigenvalue weighted by molar-refractivity contribution is 7.99. The first kappa shape index (κ1) is 18.5. The quantitative estimate of drug-likeness (QED) is 0.762. The maximum Gasteiger partial charge on any atom is 0.226 e. The van der Waals surface area contributed by atoms with Gasteiger partial charge in [0.15, 0.2) is 0 Å². The molecule has 1 aliphatic rings.